The molecule has 7 nitrogen and oxygen atoms in total. The Morgan fingerprint density at radius 1 is 1.19 bits per heavy atom. The molecule has 2 fully saturated rings. The van der Waals surface area contributed by atoms with Gasteiger partial charge >= 0.3 is 0 Å². The molecular weight excluding hydrogens is 390 g/mol. The standard InChI is InChI=1S/C24H33N5O2/c1-24(2,3)21-14-29(27-26-21)19-10-16-12-28(13-17(16)11-20(19)30)23(31)18-8-4-6-15-7-5-9-25-22(15)18/h4,6,8,14,16-17,19-20,25,30H,5,7,9-13H2,1-3H3/t16-,17+,19-,20-/m1/s1. The first-order valence-electron chi connectivity index (χ1n) is 11.6. The molecule has 1 amide bonds. The summed E-state index contributed by atoms with van der Waals surface area (Å²) in [4.78, 5) is 15.4. The van der Waals surface area contributed by atoms with E-state index in [1.165, 1.54) is 5.56 Å². The number of benzene rings is 1. The van der Waals surface area contributed by atoms with Gasteiger partial charge in [0.2, 0.25) is 0 Å². The van der Waals surface area contributed by atoms with Crippen molar-refractivity contribution in [3.8, 4) is 0 Å². The first-order chi connectivity index (χ1) is 14.8. The monoisotopic (exact) mass is 423 g/mol. The third kappa shape index (κ3) is 3.73. The van der Waals surface area contributed by atoms with Gasteiger partial charge in [0.05, 0.1) is 29.1 Å². The number of carbonyl (C=O) groups excluding carboxylic acids is 1. The molecule has 2 N–H and O–H groups in total. The van der Waals surface area contributed by atoms with Gasteiger partial charge in [0.25, 0.3) is 5.91 Å². The zero-order valence-corrected chi connectivity index (χ0v) is 18.7. The van der Waals surface area contributed by atoms with Crippen molar-refractivity contribution in [1.82, 2.24) is 19.9 Å². The van der Waals surface area contributed by atoms with E-state index in [1.807, 2.05) is 27.9 Å². The van der Waals surface area contributed by atoms with Crippen LogP contribution in [0, 0.1) is 11.8 Å². The quantitative estimate of drug-likeness (QED) is 0.776. The Morgan fingerprint density at radius 2 is 1.97 bits per heavy atom. The number of aliphatic hydroxyl groups excluding tert-OH is 1. The topological polar surface area (TPSA) is 83.3 Å². The minimum atomic E-state index is -0.461. The molecule has 0 bridgehead atoms. The van der Waals surface area contributed by atoms with E-state index in [2.05, 4.69) is 42.5 Å². The number of aliphatic hydroxyl groups is 1. The van der Waals surface area contributed by atoms with Gasteiger partial charge in [-0.2, -0.15) is 0 Å². The number of anilines is 1. The van der Waals surface area contributed by atoms with Crippen molar-refractivity contribution in [3.05, 3.63) is 41.2 Å². The summed E-state index contributed by atoms with van der Waals surface area (Å²) in [6.07, 6.45) is 5.18. The molecule has 0 radical (unpaired) electrons. The molecule has 2 aromatic rings. The largest absolute Gasteiger partial charge is 0.391 e. The second-order valence-corrected chi connectivity index (χ2v) is 10.5. The lowest BCUT2D eigenvalue weighted by Crippen LogP contribution is -2.36. The summed E-state index contributed by atoms with van der Waals surface area (Å²) in [6.45, 7) is 8.74. The Balaban J connectivity index is 1.32. The molecule has 3 heterocycles. The average Bonchev–Trinajstić information content (AvgIpc) is 3.39. The fraction of sp³-hybridized carbons (Fsp3) is 0.625. The van der Waals surface area contributed by atoms with Gasteiger partial charge < -0.3 is 15.3 Å². The summed E-state index contributed by atoms with van der Waals surface area (Å²) in [5.41, 5.74) is 3.92. The number of likely N-dealkylation sites (tertiary alicyclic amines) is 1. The van der Waals surface area contributed by atoms with Crippen LogP contribution in [0.25, 0.3) is 0 Å². The Kier molecular flexibility index (Phi) is 5.04. The molecular formula is C24H33N5O2. The first kappa shape index (κ1) is 20.5. The molecule has 5 rings (SSSR count). The fourth-order valence-electron chi connectivity index (χ4n) is 5.50. The number of aromatic nitrogens is 3. The Hall–Kier alpha value is -2.41. The van der Waals surface area contributed by atoms with Crippen molar-refractivity contribution in [2.45, 2.75) is 64.0 Å². The third-order valence-electron chi connectivity index (χ3n) is 7.32. The van der Waals surface area contributed by atoms with E-state index in [4.69, 9.17) is 0 Å². The molecule has 1 aromatic heterocycles. The molecule has 1 saturated heterocycles. The molecule has 7 heteroatoms. The van der Waals surface area contributed by atoms with Crippen molar-refractivity contribution < 1.29 is 9.90 Å². The van der Waals surface area contributed by atoms with Crippen LogP contribution >= 0.6 is 0 Å². The number of nitrogens with one attached hydrogen (secondary N) is 1. The second-order valence-electron chi connectivity index (χ2n) is 10.5. The lowest BCUT2D eigenvalue weighted by molar-refractivity contribution is 0.0298. The van der Waals surface area contributed by atoms with Gasteiger partial charge in [-0.05, 0) is 49.1 Å². The highest BCUT2D eigenvalue weighted by atomic mass is 16.3. The Morgan fingerprint density at radius 3 is 2.71 bits per heavy atom. The van der Waals surface area contributed by atoms with Gasteiger partial charge in [0.1, 0.15) is 0 Å². The number of carbonyl (C=O) groups is 1. The van der Waals surface area contributed by atoms with Gasteiger partial charge in [-0.3, -0.25) is 4.79 Å². The maximum absolute atomic E-state index is 13.4. The second kappa shape index (κ2) is 7.62. The normalized spacial score (nSPS) is 28.1. The van der Waals surface area contributed by atoms with E-state index in [0.29, 0.717) is 18.3 Å². The molecule has 0 spiro atoms. The van der Waals surface area contributed by atoms with Gasteiger partial charge in [-0.15, -0.1) is 5.10 Å². The van der Waals surface area contributed by atoms with Crippen molar-refractivity contribution >= 4 is 11.6 Å². The van der Waals surface area contributed by atoms with E-state index in [-0.39, 0.29) is 17.4 Å². The average molecular weight is 424 g/mol. The fourth-order valence-corrected chi connectivity index (χ4v) is 5.50. The van der Waals surface area contributed by atoms with E-state index < -0.39 is 6.10 Å². The minimum absolute atomic E-state index is 0.0696. The van der Waals surface area contributed by atoms with Crippen molar-refractivity contribution in [3.63, 3.8) is 0 Å². The van der Waals surface area contributed by atoms with Crippen LogP contribution in [0.3, 0.4) is 0 Å². The molecule has 1 saturated carbocycles. The zero-order chi connectivity index (χ0) is 21.8. The highest BCUT2D eigenvalue weighted by Gasteiger charge is 2.44. The van der Waals surface area contributed by atoms with Crippen LogP contribution in [0.1, 0.15) is 67.7 Å². The summed E-state index contributed by atoms with van der Waals surface area (Å²) in [5, 5.41) is 23.0. The number of hydrogen-bond donors (Lipinski definition) is 2. The summed E-state index contributed by atoms with van der Waals surface area (Å²) < 4.78 is 1.85. The third-order valence-corrected chi connectivity index (χ3v) is 7.32. The predicted molar refractivity (Wildman–Crippen MR) is 119 cm³/mol. The number of fused-ring (bicyclic) bond motifs is 2. The van der Waals surface area contributed by atoms with E-state index in [1.54, 1.807) is 0 Å². The zero-order valence-electron chi connectivity index (χ0n) is 18.7. The van der Waals surface area contributed by atoms with Crippen LogP contribution in [0.4, 0.5) is 5.69 Å². The lowest BCUT2D eigenvalue weighted by Gasteiger charge is -2.34. The molecule has 1 aliphatic carbocycles. The maximum atomic E-state index is 13.4. The Bertz CT molecular complexity index is 979. The molecule has 2 aliphatic heterocycles. The Labute approximate surface area is 183 Å². The molecule has 1 aromatic carbocycles. The number of para-hydroxylation sites is 1. The summed E-state index contributed by atoms with van der Waals surface area (Å²) in [7, 11) is 0. The predicted octanol–water partition coefficient (Wildman–Crippen LogP) is 3.02. The molecule has 3 aliphatic rings. The van der Waals surface area contributed by atoms with Crippen LogP contribution in [-0.4, -0.2) is 56.6 Å². The summed E-state index contributed by atoms with van der Waals surface area (Å²) >= 11 is 0. The SMILES string of the molecule is CC(C)(C)c1cn([C@@H]2C[C@@H]3CN(C(=O)c4cccc5c4NCCC5)C[C@@H]3C[C@H]2O)nn1. The lowest BCUT2D eigenvalue weighted by atomic mass is 9.77. The van der Waals surface area contributed by atoms with E-state index in [9.17, 15) is 9.90 Å². The molecule has 0 unspecified atom stereocenters. The van der Waals surface area contributed by atoms with E-state index in [0.717, 1.165) is 55.8 Å². The first-order valence-corrected chi connectivity index (χ1v) is 11.6. The van der Waals surface area contributed by atoms with Gasteiger partial charge in [-0.25, -0.2) is 4.68 Å². The molecule has 166 valence electrons. The number of rotatable bonds is 2. The number of aryl methyl sites for hydroxylation is 1. The number of amides is 1. The van der Waals surface area contributed by atoms with Crippen LogP contribution in [0.15, 0.2) is 24.4 Å². The smallest absolute Gasteiger partial charge is 0.255 e. The van der Waals surface area contributed by atoms with E-state index >= 15 is 0 Å². The van der Waals surface area contributed by atoms with Crippen LogP contribution in [0.2, 0.25) is 0 Å². The molecule has 31 heavy (non-hydrogen) atoms. The number of nitrogens with zero attached hydrogens (tertiary/aromatic N) is 4. The van der Waals surface area contributed by atoms with Gasteiger partial charge in [0.15, 0.2) is 0 Å². The summed E-state index contributed by atoms with van der Waals surface area (Å²) in [5.74, 6) is 0.836. The number of hydrogen-bond acceptors (Lipinski definition) is 5. The van der Waals surface area contributed by atoms with Crippen molar-refractivity contribution in [2.24, 2.45) is 11.8 Å². The maximum Gasteiger partial charge on any atom is 0.255 e. The van der Waals surface area contributed by atoms with Crippen LogP contribution < -0.4 is 5.32 Å². The van der Waals surface area contributed by atoms with Crippen LogP contribution in [0.5, 0.6) is 0 Å². The van der Waals surface area contributed by atoms with Gasteiger partial charge in [-0.1, -0.05) is 38.1 Å². The highest BCUT2D eigenvalue weighted by molar-refractivity contribution is 6.00. The van der Waals surface area contributed by atoms with Crippen molar-refractivity contribution in [1.29, 1.82) is 0 Å². The molecule has 4 atom stereocenters. The summed E-state index contributed by atoms with van der Waals surface area (Å²) in [6, 6.07) is 5.99. The minimum Gasteiger partial charge on any atom is -0.391 e. The van der Waals surface area contributed by atoms with Gasteiger partial charge in [0, 0.05) is 31.2 Å². The van der Waals surface area contributed by atoms with Crippen LogP contribution in [-0.2, 0) is 11.8 Å². The van der Waals surface area contributed by atoms with Crippen molar-refractivity contribution in [2.75, 3.05) is 25.0 Å². The highest BCUT2D eigenvalue weighted by Crippen LogP contribution is 2.42.